The average molecular weight is 478 g/mol. The van der Waals surface area contributed by atoms with Crippen molar-refractivity contribution in [1.29, 1.82) is 0 Å². The molecule has 0 bridgehead atoms. The third-order valence-electron chi connectivity index (χ3n) is 5.69. The Balaban J connectivity index is 1.40. The van der Waals surface area contributed by atoms with Crippen LogP contribution in [-0.2, 0) is 22.0 Å². The van der Waals surface area contributed by atoms with Gasteiger partial charge in [-0.05, 0) is 29.7 Å². The van der Waals surface area contributed by atoms with Crippen molar-refractivity contribution in [2.24, 2.45) is 0 Å². The fourth-order valence-corrected chi connectivity index (χ4v) is 6.29. The van der Waals surface area contributed by atoms with E-state index >= 15 is 0 Å². The summed E-state index contributed by atoms with van der Waals surface area (Å²) in [6.45, 7) is 0.348. The van der Waals surface area contributed by atoms with E-state index in [2.05, 4.69) is 10.3 Å². The van der Waals surface area contributed by atoms with Crippen LogP contribution < -0.4 is 5.32 Å². The number of fused-ring (bicyclic) bond motifs is 2. The first-order valence-corrected chi connectivity index (χ1v) is 12.7. The van der Waals surface area contributed by atoms with Gasteiger partial charge in [0.2, 0.25) is 0 Å². The molecule has 3 aromatic rings. The van der Waals surface area contributed by atoms with Crippen molar-refractivity contribution < 1.29 is 18.5 Å². The predicted octanol–water partition coefficient (Wildman–Crippen LogP) is 3.48. The highest BCUT2D eigenvalue weighted by atomic mass is 35.5. The molecule has 162 valence electrons. The number of amides is 2. The maximum Gasteiger partial charge on any atom is 0.410 e. The van der Waals surface area contributed by atoms with Crippen molar-refractivity contribution in [3.05, 3.63) is 57.6 Å². The number of nitrogens with zero attached hydrogens (tertiary/aromatic N) is 1. The number of hydrogen-bond donors (Lipinski definition) is 2. The molecule has 1 saturated heterocycles. The van der Waals surface area contributed by atoms with Gasteiger partial charge in [0.15, 0.2) is 0 Å². The Hall–Kier alpha value is -2.36. The molecule has 10 heteroatoms. The number of hydrogen-bond acceptors (Lipinski definition) is 5. The molecule has 1 aliphatic carbocycles. The van der Waals surface area contributed by atoms with Crippen molar-refractivity contribution in [2.45, 2.75) is 24.6 Å². The highest BCUT2D eigenvalue weighted by Gasteiger charge is 2.44. The Bertz CT molecular complexity index is 1170. The van der Waals surface area contributed by atoms with Crippen LogP contribution in [0.2, 0.25) is 4.34 Å². The molecule has 0 spiro atoms. The second-order valence-electron chi connectivity index (χ2n) is 7.84. The molecule has 31 heavy (non-hydrogen) atoms. The van der Waals surface area contributed by atoms with Crippen LogP contribution in [0.1, 0.15) is 27.7 Å². The number of carbonyl (C=O) groups is 2. The average Bonchev–Trinajstić information content (AvgIpc) is 3.42. The molecule has 1 fully saturated rings. The molecule has 1 aromatic carbocycles. The molecule has 4 atom stereocenters. The number of rotatable bonds is 5. The maximum absolute atomic E-state index is 13.0. The van der Waals surface area contributed by atoms with E-state index in [-0.39, 0.29) is 18.0 Å². The molecule has 2 aliphatic rings. The number of benzene rings is 1. The van der Waals surface area contributed by atoms with Crippen LogP contribution in [0.4, 0.5) is 4.79 Å². The van der Waals surface area contributed by atoms with Crippen LogP contribution in [0.15, 0.2) is 36.4 Å². The lowest BCUT2D eigenvalue weighted by molar-refractivity contribution is 0.0901. The second-order valence-corrected chi connectivity index (χ2v) is 11.0. The lowest BCUT2D eigenvalue weighted by Gasteiger charge is -2.29. The molecule has 2 N–H and O–H groups in total. The molecule has 0 radical (unpaired) electrons. The summed E-state index contributed by atoms with van der Waals surface area (Å²) < 4.78 is 17.7. The number of cyclic esters (lactones) is 1. The summed E-state index contributed by atoms with van der Waals surface area (Å²) >= 11 is 7.41. The van der Waals surface area contributed by atoms with Crippen LogP contribution in [0, 0.1) is 0 Å². The van der Waals surface area contributed by atoms with E-state index in [1.54, 1.807) is 17.2 Å². The van der Waals surface area contributed by atoms with Gasteiger partial charge in [-0.2, -0.15) is 0 Å². The van der Waals surface area contributed by atoms with Crippen molar-refractivity contribution >= 4 is 56.0 Å². The van der Waals surface area contributed by atoms with Crippen molar-refractivity contribution in [3.8, 4) is 0 Å². The number of H-pyrrole nitrogens is 1. The minimum absolute atomic E-state index is 0.235. The molecule has 2 aromatic heterocycles. The van der Waals surface area contributed by atoms with Crippen molar-refractivity contribution in [1.82, 2.24) is 15.2 Å². The van der Waals surface area contributed by atoms with E-state index in [1.165, 1.54) is 11.3 Å². The lowest BCUT2D eigenvalue weighted by Crippen LogP contribution is -2.45. The molecular formula is C21H20ClN3O4S2. The van der Waals surface area contributed by atoms with Gasteiger partial charge in [0.25, 0.3) is 5.91 Å². The van der Waals surface area contributed by atoms with E-state index in [0.717, 1.165) is 21.3 Å². The summed E-state index contributed by atoms with van der Waals surface area (Å²) in [7, 11) is -1.07. The van der Waals surface area contributed by atoms with Crippen LogP contribution in [0.25, 0.3) is 10.2 Å². The molecular weight excluding hydrogens is 458 g/mol. The topological polar surface area (TPSA) is 91.5 Å². The molecule has 3 heterocycles. The van der Waals surface area contributed by atoms with Gasteiger partial charge in [0, 0.05) is 22.4 Å². The number of nitrogens with one attached hydrogen (secondary N) is 2. The zero-order valence-electron chi connectivity index (χ0n) is 16.6. The third-order valence-corrected chi connectivity index (χ3v) is 7.73. The second kappa shape index (κ2) is 7.96. The van der Waals surface area contributed by atoms with Gasteiger partial charge in [0.05, 0.1) is 28.7 Å². The van der Waals surface area contributed by atoms with Gasteiger partial charge in [-0.15, -0.1) is 11.3 Å². The molecule has 5 rings (SSSR count). The Labute approximate surface area is 190 Å². The summed E-state index contributed by atoms with van der Waals surface area (Å²) in [5.41, 5.74) is 2.55. The Morgan fingerprint density at radius 3 is 2.97 bits per heavy atom. The fourth-order valence-electron chi connectivity index (χ4n) is 4.47. The van der Waals surface area contributed by atoms with E-state index in [0.29, 0.717) is 28.7 Å². The maximum atomic E-state index is 13.0. The normalized spacial score (nSPS) is 23.7. The first-order chi connectivity index (χ1) is 14.9. The highest BCUT2D eigenvalue weighted by molar-refractivity contribution is 7.84. The van der Waals surface area contributed by atoms with Crippen LogP contribution in [-0.4, -0.2) is 56.8 Å². The van der Waals surface area contributed by atoms with E-state index in [1.807, 2.05) is 30.3 Å². The first-order valence-electron chi connectivity index (χ1n) is 9.83. The smallest absolute Gasteiger partial charge is 0.410 e. The molecule has 0 saturated carbocycles. The van der Waals surface area contributed by atoms with Crippen LogP contribution in [0.5, 0.6) is 0 Å². The Morgan fingerprint density at radius 1 is 1.39 bits per heavy atom. The third kappa shape index (κ3) is 3.86. The number of aromatic amines is 1. The monoisotopic (exact) mass is 477 g/mol. The van der Waals surface area contributed by atoms with Crippen molar-refractivity contribution in [2.75, 3.05) is 18.6 Å². The van der Waals surface area contributed by atoms with Crippen LogP contribution in [0.3, 0.4) is 0 Å². The summed E-state index contributed by atoms with van der Waals surface area (Å²) in [5, 5.41) is 4.00. The van der Waals surface area contributed by atoms with E-state index in [4.69, 9.17) is 16.3 Å². The first kappa shape index (κ1) is 20.5. The quantitative estimate of drug-likeness (QED) is 0.588. The lowest BCUT2D eigenvalue weighted by atomic mass is 10.0. The summed E-state index contributed by atoms with van der Waals surface area (Å²) in [6.07, 6.45) is 1.36. The summed E-state index contributed by atoms with van der Waals surface area (Å²) in [6, 6.07) is 10.8. The number of halogens is 1. The van der Waals surface area contributed by atoms with Gasteiger partial charge in [-0.25, -0.2) is 4.79 Å². The minimum Gasteiger partial charge on any atom is -0.443 e. The summed E-state index contributed by atoms with van der Waals surface area (Å²) in [4.78, 5) is 31.3. The SMILES string of the molecule is CS(=O)C[C@@H]1CN([C@@H]2c3ccccc3C[C@H]2NC(=O)c2cc3cc(Cl)sc3[nH]2)C(=O)O1. The molecule has 2 amide bonds. The standard InChI is InChI=1S/C21H20ClN3O4S2/c1-31(28)10-13-9-25(21(27)29-13)18-14-5-3-2-4-11(14)6-15(18)23-19(26)16-7-12-8-17(22)30-20(12)24-16/h2-5,7-8,13,15,18,24H,6,9-10H2,1H3,(H,23,26)/t13-,15+,18+,31?/m0/s1. The van der Waals surface area contributed by atoms with Gasteiger partial charge in [-0.1, -0.05) is 35.9 Å². The molecule has 1 unspecified atom stereocenters. The van der Waals surface area contributed by atoms with Crippen LogP contribution >= 0.6 is 22.9 Å². The zero-order valence-corrected chi connectivity index (χ0v) is 19.0. The van der Waals surface area contributed by atoms with Gasteiger partial charge >= 0.3 is 6.09 Å². The van der Waals surface area contributed by atoms with Crippen molar-refractivity contribution in [3.63, 3.8) is 0 Å². The number of aromatic nitrogens is 1. The minimum atomic E-state index is -1.07. The Morgan fingerprint density at radius 2 is 2.19 bits per heavy atom. The highest BCUT2D eigenvalue weighted by Crippen LogP contribution is 2.38. The number of carbonyl (C=O) groups excluding carboxylic acids is 2. The molecule has 1 aliphatic heterocycles. The summed E-state index contributed by atoms with van der Waals surface area (Å²) in [5.74, 6) is 0.0659. The number of ether oxygens (including phenoxy) is 1. The largest absolute Gasteiger partial charge is 0.443 e. The number of thiophene rings is 1. The van der Waals surface area contributed by atoms with Gasteiger partial charge in [-0.3, -0.25) is 13.9 Å². The molecule has 7 nitrogen and oxygen atoms in total. The van der Waals surface area contributed by atoms with E-state index < -0.39 is 23.0 Å². The zero-order chi connectivity index (χ0) is 21.7. The fraction of sp³-hybridized carbons (Fsp3) is 0.333. The predicted molar refractivity (Wildman–Crippen MR) is 121 cm³/mol. The van der Waals surface area contributed by atoms with Gasteiger partial charge in [0.1, 0.15) is 16.6 Å². The Kier molecular flexibility index (Phi) is 5.27. The van der Waals surface area contributed by atoms with E-state index in [9.17, 15) is 13.8 Å². The van der Waals surface area contributed by atoms with Gasteiger partial charge < -0.3 is 15.0 Å².